The molecule has 3 rings (SSSR count). The maximum Gasteiger partial charge on any atom is 0.411 e. The maximum absolute atomic E-state index is 11.7. The van der Waals surface area contributed by atoms with E-state index in [2.05, 4.69) is 15.4 Å². The van der Waals surface area contributed by atoms with Crippen LogP contribution in [-0.2, 0) is 9.53 Å². The summed E-state index contributed by atoms with van der Waals surface area (Å²) in [6, 6.07) is 5.32. The zero-order valence-corrected chi connectivity index (χ0v) is 12.9. The molecule has 1 heterocycles. The van der Waals surface area contributed by atoms with Gasteiger partial charge in [0.25, 0.3) is 0 Å². The van der Waals surface area contributed by atoms with E-state index in [1.165, 1.54) is 7.11 Å². The monoisotopic (exact) mass is 317 g/mol. The third-order valence-corrected chi connectivity index (χ3v) is 3.74. The van der Waals surface area contributed by atoms with Crippen molar-refractivity contribution in [3.8, 4) is 5.75 Å². The molecule has 0 atom stereocenters. The molecule has 0 radical (unpaired) electrons. The molecule has 0 bridgehead atoms. The molecule has 2 amide bonds. The molecule has 122 valence electrons. The predicted octanol–water partition coefficient (Wildman–Crippen LogP) is 2.06. The lowest BCUT2D eigenvalue weighted by Gasteiger charge is -2.26. The third kappa shape index (κ3) is 3.74. The van der Waals surface area contributed by atoms with Crippen LogP contribution in [0, 0.1) is 5.92 Å². The van der Waals surface area contributed by atoms with Gasteiger partial charge in [-0.15, -0.1) is 0 Å². The van der Waals surface area contributed by atoms with Gasteiger partial charge in [-0.1, -0.05) is 0 Å². The Balaban J connectivity index is 1.64. The van der Waals surface area contributed by atoms with Crippen LogP contribution < -0.4 is 20.3 Å². The average molecular weight is 317 g/mol. The highest BCUT2D eigenvalue weighted by Crippen LogP contribution is 2.34. The number of benzene rings is 1. The molecule has 1 aliphatic heterocycles. The number of rotatable bonds is 5. The summed E-state index contributed by atoms with van der Waals surface area (Å²) in [6.45, 7) is 1.17. The number of ether oxygens (including phenoxy) is 2. The molecule has 1 aromatic carbocycles. The highest BCUT2D eigenvalue weighted by atomic mass is 16.5. The Bertz CT molecular complexity index is 640. The standard InChI is InChI=1S/C16H19N3O4/c1-22-16(21)18-12-4-5-14-13(10-12)19(8-9-23-14)7-6-17-15(20)11-2-3-11/h4-5,8-11H,2-3,6-7H2,1H3,(H,17,20)(H,18,21). The Kier molecular flexibility index (Phi) is 4.36. The van der Waals surface area contributed by atoms with Crippen LogP contribution in [0.25, 0.3) is 0 Å². The van der Waals surface area contributed by atoms with Gasteiger partial charge in [-0.3, -0.25) is 10.1 Å². The van der Waals surface area contributed by atoms with E-state index in [-0.39, 0.29) is 11.8 Å². The Hall–Kier alpha value is -2.70. The van der Waals surface area contributed by atoms with Crippen LogP contribution in [0.2, 0.25) is 0 Å². The summed E-state index contributed by atoms with van der Waals surface area (Å²) >= 11 is 0. The average Bonchev–Trinajstić information content (AvgIpc) is 3.40. The molecule has 1 aliphatic carbocycles. The summed E-state index contributed by atoms with van der Waals surface area (Å²) in [7, 11) is 1.31. The van der Waals surface area contributed by atoms with Gasteiger partial charge < -0.3 is 19.7 Å². The van der Waals surface area contributed by atoms with Crippen LogP contribution >= 0.6 is 0 Å². The smallest absolute Gasteiger partial charge is 0.411 e. The second-order valence-corrected chi connectivity index (χ2v) is 5.46. The first kappa shape index (κ1) is 15.2. The van der Waals surface area contributed by atoms with E-state index in [1.807, 2.05) is 4.90 Å². The number of hydrogen-bond donors (Lipinski definition) is 2. The zero-order valence-electron chi connectivity index (χ0n) is 12.9. The van der Waals surface area contributed by atoms with Crippen LogP contribution in [-0.4, -0.2) is 32.2 Å². The molecule has 1 aromatic rings. The molecule has 0 spiro atoms. The van der Waals surface area contributed by atoms with Gasteiger partial charge in [0, 0.05) is 30.9 Å². The summed E-state index contributed by atoms with van der Waals surface area (Å²) in [5.74, 6) is 1.03. The Labute approximate surface area is 134 Å². The van der Waals surface area contributed by atoms with E-state index in [1.54, 1.807) is 30.7 Å². The van der Waals surface area contributed by atoms with E-state index in [9.17, 15) is 9.59 Å². The number of carbonyl (C=O) groups excluding carboxylic acids is 2. The quantitative estimate of drug-likeness (QED) is 0.869. The van der Waals surface area contributed by atoms with Crippen LogP contribution in [0.1, 0.15) is 12.8 Å². The Morgan fingerprint density at radius 3 is 2.96 bits per heavy atom. The van der Waals surface area contributed by atoms with Gasteiger partial charge in [0.15, 0.2) is 0 Å². The number of nitrogens with zero attached hydrogens (tertiary/aromatic N) is 1. The van der Waals surface area contributed by atoms with E-state index in [0.29, 0.717) is 24.5 Å². The van der Waals surface area contributed by atoms with E-state index >= 15 is 0 Å². The van der Waals surface area contributed by atoms with Crippen LogP contribution in [0.15, 0.2) is 30.7 Å². The summed E-state index contributed by atoms with van der Waals surface area (Å²) in [6.07, 6.45) is 4.86. The fraction of sp³-hybridized carbons (Fsp3) is 0.375. The highest BCUT2D eigenvalue weighted by molar-refractivity contribution is 5.86. The summed E-state index contributed by atoms with van der Waals surface area (Å²) < 4.78 is 10.1. The minimum absolute atomic E-state index is 0.128. The number of amides is 2. The normalized spacial score (nSPS) is 15.4. The zero-order chi connectivity index (χ0) is 16.2. The first-order valence-electron chi connectivity index (χ1n) is 7.54. The number of carbonyl (C=O) groups is 2. The van der Waals surface area contributed by atoms with Crippen molar-refractivity contribution in [1.82, 2.24) is 5.32 Å². The Morgan fingerprint density at radius 2 is 2.22 bits per heavy atom. The number of methoxy groups -OCH3 is 1. The van der Waals surface area contributed by atoms with Crippen molar-refractivity contribution in [2.45, 2.75) is 12.8 Å². The second kappa shape index (κ2) is 6.60. The Morgan fingerprint density at radius 1 is 1.39 bits per heavy atom. The molecular formula is C16H19N3O4. The van der Waals surface area contributed by atoms with Crippen molar-refractivity contribution in [2.24, 2.45) is 5.92 Å². The first-order chi connectivity index (χ1) is 11.2. The molecule has 0 saturated heterocycles. The van der Waals surface area contributed by atoms with Gasteiger partial charge in [0.1, 0.15) is 12.0 Å². The third-order valence-electron chi connectivity index (χ3n) is 3.74. The summed E-state index contributed by atoms with van der Waals surface area (Å²) in [5.41, 5.74) is 1.43. The molecular weight excluding hydrogens is 298 g/mol. The van der Waals surface area contributed by atoms with Crippen molar-refractivity contribution in [2.75, 3.05) is 30.4 Å². The largest absolute Gasteiger partial charge is 0.461 e. The summed E-state index contributed by atoms with van der Waals surface area (Å²) in [4.78, 5) is 24.9. The fourth-order valence-corrected chi connectivity index (χ4v) is 2.33. The van der Waals surface area contributed by atoms with Crippen LogP contribution in [0.5, 0.6) is 5.75 Å². The lowest BCUT2D eigenvalue weighted by atomic mass is 10.2. The molecule has 7 nitrogen and oxygen atoms in total. The maximum atomic E-state index is 11.7. The lowest BCUT2D eigenvalue weighted by molar-refractivity contribution is -0.122. The summed E-state index contributed by atoms with van der Waals surface area (Å²) in [5, 5.41) is 5.56. The molecule has 1 saturated carbocycles. The molecule has 0 aromatic heterocycles. The van der Waals surface area contributed by atoms with Crippen molar-refractivity contribution in [3.05, 3.63) is 30.7 Å². The van der Waals surface area contributed by atoms with Gasteiger partial charge >= 0.3 is 6.09 Å². The molecule has 1 fully saturated rings. The molecule has 23 heavy (non-hydrogen) atoms. The van der Waals surface area contributed by atoms with Crippen molar-refractivity contribution >= 4 is 23.4 Å². The van der Waals surface area contributed by atoms with Crippen LogP contribution in [0.3, 0.4) is 0 Å². The van der Waals surface area contributed by atoms with Gasteiger partial charge in [-0.2, -0.15) is 0 Å². The van der Waals surface area contributed by atoms with Crippen molar-refractivity contribution < 1.29 is 19.1 Å². The van der Waals surface area contributed by atoms with E-state index in [0.717, 1.165) is 18.5 Å². The van der Waals surface area contributed by atoms with Crippen LogP contribution in [0.4, 0.5) is 16.2 Å². The lowest BCUT2D eigenvalue weighted by Crippen LogP contribution is -2.34. The molecule has 2 N–H and O–H groups in total. The number of nitrogens with one attached hydrogen (secondary N) is 2. The second-order valence-electron chi connectivity index (χ2n) is 5.46. The van der Waals surface area contributed by atoms with Gasteiger partial charge in [0.2, 0.25) is 5.91 Å². The highest BCUT2D eigenvalue weighted by Gasteiger charge is 2.29. The van der Waals surface area contributed by atoms with Crippen molar-refractivity contribution in [1.29, 1.82) is 0 Å². The molecule has 2 aliphatic rings. The molecule has 7 heteroatoms. The minimum atomic E-state index is -0.527. The SMILES string of the molecule is COC(=O)Nc1ccc2c(c1)N(CCNC(=O)C1CC1)C=CO2. The van der Waals surface area contributed by atoms with E-state index < -0.39 is 6.09 Å². The van der Waals surface area contributed by atoms with Crippen molar-refractivity contribution in [3.63, 3.8) is 0 Å². The number of fused-ring (bicyclic) bond motifs is 1. The topological polar surface area (TPSA) is 79.9 Å². The minimum Gasteiger partial charge on any atom is -0.461 e. The molecule has 0 unspecified atom stereocenters. The number of anilines is 2. The van der Waals surface area contributed by atoms with Gasteiger partial charge in [0.05, 0.1) is 12.8 Å². The van der Waals surface area contributed by atoms with E-state index in [4.69, 9.17) is 4.74 Å². The first-order valence-corrected chi connectivity index (χ1v) is 7.54. The fourth-order valence-electron chi connectivity index (χ4n) is 2.33. The predicted molar refractivity (Wildman–Crippen MR) is 85.3 cm³/mol. The number of hydrogen-bond acceptors (Lipinski definition) is 5. The van der Waals surface area contributed by atoms with Gasteiger partial charge in [-0.05, 0) is 31.0 Å². The van der Waals surface area contributed by atoms with Gasteiger partial charge in [-0.25, -0.2) is 4.79 Å².